The lowest BCUT2D eigenvalue weighted by atomic mass is 10.0. The lowest BCUT2D eigenvalue weighted by Crippen LogP contribution is -2.30. The molecule has 0 rings (SSSR count). The van der Waals surface area contributed by atoms with Crippen molar-refractivity contribution in [2.75, 3.05) is 13.2 Å². The molecule has 0 spiro atoms. The van der Waals surface area contributed by atoms with E-state index >= 15 is 0 Å². The largest absolute Gasteiger partial charge is 0.462 e. The molecule has 0 saturated carbocycles. The molecule has 6 heteroatoms. The molecule has 0 aliphatic rings. The van der Waals surface area contributed by atoms with Crippen LogP contribution >= 0.6 is 0 Å². The number of carbonyl (C=O) groups excluding carboxylic acids is 3. The zero-order chi connectivity index (χ0) is 55.0. The number of hydrogen-bond acceptors (Lipinski definition) is 6. The van der Waals surface area contributed by atoms with Crippen LogP contribution in [0.4, 0.5) is 0 Å². The number of hydrogen-bond donors (Lipinski definition) is 0. The Hall–Kier alpha value is -4.45. The van der Waals surface area contributed by atoms with Crippen molar-refractivity contribution in [1.29, 1.82) is 0 Å². The van der Waals surface area contributed by atoms with E-state index in [2.05, 4.69) is 154 Å². The first kappa shape index (κ1) is 71.5. The lowest BCUT2D eigenvalue weighted by molar-refractivity contribution is -0.167. The molecule has 0 aliphatic carbocycles. The third kappa shape index (κ3) is 60.4. The first-order valence-corrected chi connectivity index (χ1v) is 31.2. The Morgan fingerprint density at radius 2 is 0.513 bits per heavy atom. The van der Waals surface area contributed by atoms with Crippen LogP contribution in [0, 0.1) is 0 Å². The summed E-state index contributed by atoms with van der Waals surface area (Å²) < 4.78 is 16.8. The van der Waals surface area contributed by atoms with Crippen molar-refractivity contribution in [1.82, 2.24) is 0 Å². The topological polar surface area (TPSA) is 78.9 Å². The molecule has 0 bridgehead atoms. The smallest absolute Gasteiger partial charge is 0.306 e. The highest BCUT2D eigenvalue weighted by Crippen LogP contribution is 2.15. The Morgan fingerprint density at radius 3 is 0.868 bits per heavy atom. The van der Waals surface area contributed by atoms with Crippen LogP contribution in [0.3, 0.4) is 0 Å². The van der Waals surface area contributed by atoms with Crippen molar-refractivity contribution in [3.05, 3.63) is 134 Å². The molecule has 0 saturated heterocycles. The average molecular weight is 1050 g/mol. The van der Waals surface area contributed by atoms with Crippen LogP contribution in [0.2, 0.25) is 0 Å². The van der Waals surface area contributed by atoms with Gasteiger partial charge in [-0.15, -0.1) is 0 Å². The third-order valence-corrected chi connectivity index (χ3v) is 12.9. The van der Waals surface area contributed by atoms with Gasteiger partial charge in [0.05, 0.1) is 0 Å². The second-order valence-corrected chi connectivity index (χ2v) is 20.2. The number of esters is 3. The van der Waals surface area contributed by atoms with Crippen molar-refractivity contribution in [2.24, 2.45) is 0 Å². The first-order chi connectivity index (χ1) is 37.5. The Bertz CT molecular complexity index is 1630. The van der Waals surface area contributed by atoms with Crippen molar-refractivity contribution >= 4 is 17.9 Å². The van der Waals surface area contributed by atoms with Crippen molar-refractivity contribution in [3.8, 4) is 0 Å². The predicted molar refractivity (Wildman–Crippen MR) is 329 cm³/mol. The van der Waals surface area contributed by atoms with E-state index in [1.165, 1.54) is 96.3 Å². The number of carbonyl (C=O) groups is 3. The van der Waals surface area contributed by atoms with Gasteiger partial charge in [-0.05, 0) is 122 Å². The van der Waals surface area contributed by atoms with Gasteiger partial charge >= 0.3 is 17.9 Å². The van der Waals surface area contributed by atoms with Gasteiger partial charge in [0.1, 0.15) is 13.2 Å². The standard InChI is InChI=1S/C70H114O6/c1-4-7-10-13-16-19-22-25-26-27-28-29-30-31-32-33-34-35-36-37-38-39-40-41-42-43-44-46-48-51-54-57-60-63-69(72)75-66-67(65-74-68(71)62-59-56-53-50-47-24-21-18-15-12-9-6-3)76-70(73)64-61-58-55-52-49-45-23-20-17-14-11-8-5-2/h7,10,16,18-19,21,25-26,28-29,31-32,34-35,37-38,40-41,43-44,48,51,67H,4-6,8-9,11-15,17,20,22-24,27,30,33,36,39,42,45-47,49-50,52-66H2,1-3H3/b10-7-,19-16-,21-18-,26-25-,29-28-,32-31-,35-34-,38-37-,41-40-,44-43-,51-48-. The molecule has 0 amide bonds. The molecule has 0 aromatic rings. The van der Waals surface area contributed by atoms with Crippen LogP contribution in [0.15, 0.2) is 134 Å². The highest BCUT2D eigenvalue weighted by atomic mass is 16.6. The maximum atomic E-state index is 12.8. The van der Waals surface area contributed by atoms with Crippen LogP contribution in [0.1, 0.15) is 271 Å². The quantitative estimate of drug-likeness (QED) is 0.0261. The molecule has 430 valence electrons. The molecule has 76 heavy (non-hydrogen) atoms. The van der Waals surface area contributed by atoms with Crippen LogP contribution in [0.25, 0.3) is 0 Å². The highest BCUT2D eigenvalue weighted by Gasteiger charge is 2.19. The van der Waals surface area contributed by atoms with Gasteiger partial charge in [-0.1, -0.05) is 264 Å². The van der Waals surface area contributed by atoms with Crippen LogP contribution in [-0.2, 0) is 28.6 Å². The van der Waals surface area contributed by atoms with E-state index in [9.17, 15) is 14.4 Å². The molecular weight excluding hydrogens is 937 g/mol. The fraction of sp³-hybridized carbons (Fsp3) is 0.643. The molecule has 0 N–H and O–H groups in total. The Kier molecular flexibility index (Phi) is 59.4. The summed E-state index contributed by atoms with van der Waals surface area (Å²) in [5.74, 6) is -0.951. The number of rotatable bonds is 55. The van der Waals surface area contributed by atoms with E-state index in [0.29, 0.717) is 25.7 Å². The fourth-order valence-electron chi connectivity index (χ4n) is 8.23. The SMILES string of the molecule is CC/C=C\C/C=C\C/C=C\C/C=C\C/C=C\C/C=C\C/C=C\C/C=C\C/C=C\C/C=C\CCCCC(=O)OCC(COC(=O)CCCCCCC/C=C\CCCCC)OC(=O)CCCCCCCCCCCCCCC. The minimum atomic E-state index is -0.801. The van der Waals surface area contributed by atoms with Gasteiger partial charge in [-0.3, -0.25) is 14.4 Å². The second kappa shape index (κ2) is 63.1. The summed E-state index contributed by atoms with van der Waals surface area (Å²) in [7, 11) is 0. The number of ether oxygens (including phenoxy) is 3. The lowest BCUT2D eigenvalue weighted by Gasteiger charge is -2.18. The van der Waals surface area contributed by atoms with Gasteiger partial charge in [0.25, 0.3) is 0 Å². The molecule has 0 aromatic carbocycles. The Morgan fingerprint density at radius 1 is 0.276 bits per heavy atom. The van der Waals surface area contributed by atoms with E-state index < -0.39 is 6.10 Å². The summed E-state index contributed by atoms with van der Waals surface area (Å²) in [4.78, 5) is 38.1. The van der Waals surface area contributed by atoms with Crippen molar-refractivity contribution < 1.29 is 28.6 Å². The summed E-state index contributed by atoms with van der Waals surface area (Å²) in [5, 5.41) is 0. The summed E-state index contributed by atoms with van der Waals surface area (Å²) in [6.45, 7) is 6.46. The average Bonchev–Trinajstić information content (AvgIpc) is 3.42. The van der Waals surface area contributed by atoms with E-state index in [-0.39, 0.29) is 31.1 Å². The highest BCUT2D eigenvalue weighted by molar-refractivity contribution is 5.71. The van der Waals surface area contributed by atoms with Gasteiger partial charge in [-0.2, -0.15) is 0 Å². The molecule has 0 aromatic heterocycles. The fourth-order valence-corrected chi connectivity index (χ4v) is 8.23. The minimum Gasteiger partial charge on any atom is -0.462 e. The Balaban J connectivity index is 4.33. The van der Waals surface area contributed by atoms with Crippen LogP contribution in [0.5, 0.6) is 0 Å². The molecule has 0 fully saturated rings. The van der Waals surface area contributed by atoms with E-state index in [1.54, 1.807) is 0 Å². The molecule has 6 nitrogen and oxygen atoms in total. The van der Waals surface area contributed by atoms with Gasteiger partial charge in [0.2, 0.25) is 0 Å². The third-order valence-electron chi connectivity index (χ3n) is 12.9. The van der Waals surface area contributed by atoms with E-state index in [0.717, 1.165) is 128 Å². The second-order valence-electron chi connectivity index (χ2n) is 20.2. The van der Waals surface area contributed by atoms with Gasteiger partial charge in [0.15, 0.2) is 6.10 Å². The summed E-state index contributed by atoms with van der Waals surface area (Å²) in [6.07, 6.45) is 88.9. The maximum Gasteiger partial charge on any atom is 0.306 e. The summed E-state index contributed by atoms with van der Waals surface area (Å²) >= 11 is 0. The zero-order valence-electron chi connectivity index (χ0n) is 49.2. The minimum absolute atomic E-state index is 0.0970. The summed E-state index contributed by atoms with van der Waals surface area (Å²) in [5.41, 5.74) is 0. The van der Waals surface area contributed by atoms with E-state index in [1.807, 2.05) is 0 Å². The van der Waals surface area contributed by atoms with Gasteiger partial charge < -0.3 is 14.2 Å². The monoisotopic (exact) mass is 1050 g/mol. The van der Waals surface area contributed by atoms with Crippen LogP contribution < -0.4 is 0 Å². The zero-order valence-corrected chi connectivity index (χ0v) is 49.2. The van der Waals surface area contributed by atoms with Crippen molar-refractivity contribution in [2.45, 2.75) is 277 Å². The first-order valence-electron chi connectivity index (χ1n) is 31.2. The normalized spacial score (nSPS) is 13.0. The number of allylic oxidation sites excluding steroid dienone is 22. The van der Waals surface area contributed by atoms with Crippen LogP contribution in [-0.4, -0.2) is 37.2 Å². The maximum absolute atomic E-state index is 12.8. The summed E-state index contributed by atoms with van der Waals surface area (Å²) in [6, 6.07) is 0. The molecular formula is C70H114O6. The molecule has 0 heterocycles. The molecule has 1 unspecified atom stereocenters. The number of unbranched alkanes of at least 4 members (excludes halogenated alkanes) is 22. The Labute approximate surface area is 468 Å². The van der Waals surface area contributed by atoms with Gasteiger partial charge in [-0.25, -0.2) is 0 Å². The van der Waals surface area contributed by atoms with Crippen molar-refractivity contribution in [3.63, 3.8) is 0 Å². The van der Waals surface area contributed by atoms with Gasteiger partial charge in [0, 0.05) is 19.3 Å². The molecule has 0 aliphatic heterocycles. The van der Waals surface area contributed by atoms with E-state index in [4.69, 9.17) is 14.2 Å². The molecule has 0 radical (unpaired) electrons. The predicted octanol–water partition coefficient (Wildman–Crippen LogP) is 21.4. The molecule has 1 atom stereocenters.